The lowest BCUT2D eigenvalue weighted by atomic mass is 10.1. The third kappa shape index (κ3) is 4.07. The van der Waals surface area contributed by atoms with Crippen LogP contribution in [0.25, 0.3) is 0 Å². The van der Waals surface area contributed by atoms with E-state index in [1.54, 1.807) is 0 Å². The standard InChI is InChI=1S/C17H24N2O3/c1-4-13-5-7-14(8-6-13)18-16(20)11-15-17(21)22-10-9-19(15)12(2)3/h5-8,12,15H,4,9-11H2,1-3H3,(H,18,20). The van der Waals surface area contributed by atoms with Crippen molar-refractivity contribution in [1.29, 1.82) is 0 Å². The molecule has 120 valence electrons. The van der Waals surface area contributed by atoms with E-state index >= 15 is 0 Å². The van der Waals surface area contributed by atoms with Gasteiger partial charge in [-0.3, -0.25) is 14.5 Å². The molecular weight excluding hydrogens is 280 g/mol. The summed E-state index contributed by atoms with van der Waals surface area (Å²) in [7, 11) is 0. The lowest BCUT2D eigenvalue weighted by Gasteiger charge is -2.36. The fourth-order valence-corrected chi connectivity index (χ4v) is 2.67. The first kappa shape index (κ1) is 16.5. The zero-order valence-corrected chi connectivity index (χ0v) is 13.5. The summed E-state index contributed by atoms with van der Waals surface area (Å²) in [6, 6.07) is 7.46. The van der Waals surface area contributed by atoms with Crippen LogP contribution in [0.1, 0.15) is 32.8 Å². The van der Waals surface area contributed by atoms with Gasteiger partial charge in [0.25, 0.3) is 0 Å². The van der Waals surface area contributed by atoms with Crippen LogP contribution in [0.3, 0.4) is 0 Å². The number of anilines is 1. The molecule has 0 spiro atoms. The van der Waals surface area contributed by atoms with Crippen molar-refractivity contribution in [2.24, 2.45) is 0 Å². The van der Waals surface area contributed by atoms with Crippen LogP contribution in [0.5, 0.6) is 0 Å². The highest BCUT2D eigenvalue weighted by Gasteiger charge is 2.34. The Morgan fingerprint density at radius 1 is 1.36 bits per heavy atom. The molecule has 1 aromatic rings. The molecule has 22 heavy (non-hydrogen) atoms. The molecule has 1 N–H and O–H groups in total. The molecule has 1 aliphatic rings. The monoisotopic (exact) mass is 304 g/mol. The Kier molecular flexibility index (Phi) is 5.55. The number of rotatable bonds is 5. The van der Waals surface area contributed by atoms with Crippen LogP contribution < -0.4 is 5.32 Å². The lowest BCUT2D eigenvalue weighted by molar-refractivity contribution is -0.160. The van der Waals surface area contributed by atoms with Crippen molar-refractivity contribution < 1.29 is 14.3 Å². The molecule has 1 atom stereocenters. The SMILES string of the molecule is CCc1ccc(NC(=O)CC2C(=O)OCCN2C(C)C)cc1. The summed E-state index contributed by atoms with van der Waals surface area (Å²) in [4.78, 5) is 26.2. The van der Waals surface area contributed by atoms with E-state index in [1.807, 2.05) is 43.0 Å². The number of nitrogens with one attached hydrogen (secondary N) is 1. The Bertz CT molecular complexity index is 525. The third-order valence-electron chi connectivity index (χ3n) is 3.95. The topological polar surface area (TPSA) is 58.6 Å². The van der Waals surface area contributed by atoms with Crippen LogP contribution >= 0.6 is 0 Å². The van der Waals surface area contributed by atoms with Crippen LogP contribution in [-0.4, -0.2) is 42.0 Å². The van der Waals surface area contributed by atoms with E-state index < -0.39 is 6.04 Å². The van der Waals surface area contributed by atoms with Gasteiger partial charge in [-0.1, -0.05) is 19.1 Å². The number of hydrogen-bond donors (Lipinski definition) is 1. The highest BCUT2D eigenvalue weighted by atomic mass is 16.5. The minimum Gasteiger partial charge on any atom is -0.463 e. The van der Waals surface area contributed by atoms with Crippen LogP contribution in [0.15, 0.2) is 24.3 Å². The minimum atomic E-state index is -0.497. The summed E-state index contributed by atoms with van der Waals surface area (Å²) in [5, 5.41) is 2.85. The summed E-state index contributed by atoms with van der Waals surface area (Å²) < 4.78 is 5.09. The Morgan fingerprint density at radius 3 is 2.64 bits per heavy atom. The average molecular weight is 304 g/mol. The fraction of sp³-hybridized carbons (Fsp3) is 0.529. The van der Waals surface area contributed by atoms with E-state index in [9.17, 15) is 9.59 Å². The molecule has 1 aromatic carbocycles. The number of amides is 1. The van der Waals surface area contributed by atoms with Crippen LogP contribution in [0, 0.1) is 0 Å². The van der Waals surface area contributed by atoms with E-state index in [0.29, 0.717) is 13.2 Å². The third-order valence-corrected chi connectivity index (χ3v) is 3.95. The van der Waals surface area contributed by atoms with Crippen molar-refractivity contribution in [3.63, 3.8) is 0 Å². The Balaban J connectivity index is 1.98. The maximum Gasteiger partial charge on any atom is 0.323 e. The molecule has 2 rings (SSSR count). The fourth-order valence-electron chi connectivity index (χ4n) is 2.67. The van der Waals surface area contributed by atoms with Crippen molar-refractivity contribution in [1.82, 2.24) is 4.90 Å². The van der Waals surface area contributed by atoms with E-state index in [1.165, 1.54) is 5.56 Å². The molecule has 1 fully saturated rings. The highest BCUT2D eigenvalue weighted by Crippen LogP contribution is 2.17. The second-order valence-electron chi connectivity index (χ2n) is 5.82. The predicted molar refractivity (Wildman–Crippen MR) is 85.7 cm³/mol. The van der Waals surface area contributed by atoms with E-state index in [4.69, 9.17) is 4.74 Å². The normalized spacial score (nSPS) is 19.1. The van der Waals surface area contributed by atoms with E-state index in [2.05, 4.69) is 12.2 Å². The summed E-state index contributed by atoms with van der Waals surface area (Å²) in [5.74, 6) is -0.477. The molecule has 1 unspecified atom stereocenters. The van der Waals surface area contributed by atoms with Crippen molar-refractivity contribution in [3.05, 3.63) is 29.8 Å². The Labute approximate surface area is 131 Å². The van der Waals surface area contributed by atoms with Gasteiger partial charge in [0.1, 0.15) is 12.6 Å². The number of esters is 1. The van der Waals surface area contributed by atoms with Gasteiger partial charge in [0.05, 0.1) is 6.42 Å². The molecule has 5 nitrogen and oxygen atoms in total. The lowest BCUT2D eigenvalue weighted by Crippen LogP contribution is -2.52. The molecular formula is C17H24N2O3. The van der Waals surface area contributed by atoms with Gasteiger partial charge in [-0.2, -0.15) is 0 Å². The van der Waals surface area contributed by atoms with Gasteiger partial charge in [-0.15, -0.1) is 0 Å². The molecule has 0 radical (unpaired) electrons. The number of morpholine rings is 1. The summed E-state index contributed by atoms with van der Waals surface area (Å²) in [5.41, 5.74) is 1.97. The molecule has 0 saturated carbocycles. The second kappa shape index (κ2) is 7.40. The van der Waals surface area contributed by atoms with Crippen molar-refractivity contribution in [2.45, 2.75) is 45.7 Å². The summed E-state index contributed by atoms with van der Waals surface area (Å²) in [6.07, 6.45) is 1.08. The highest BCUT2D eigenvalue weighted by molar-refractivity contribution is 5.94. The van der Waals surface area contributed by atoms with Gasteiger partial charge in [0.15, 0.2) is 0 Å². The van der Waals surface area contributed by atoms with Crippen LogP contribution in [-0.2, 0) is 20.7 Å². The largest absolute Gasteiger partial charge is 0.463 e. The Hall–Kier alpha value is -1.88. The maximum atomic E-state index is 12.2. The smallest absolute Gasteiger partial charge is 0.323 e. The second-order valence-corrected chi connectivity index (χ2v) is 5.82. The number of carbonyl (C=O) groups is 2. The quantitative estimate of drug-likeness (QED) is 0.847. The molecule has 5 heteroatoms. The number of cyclic esters (lactones) is 1. The maximum absolute atomic E-state index is 12.2. The number of aryl methyl sites for hydroxylation is 1. The summed E-state index contributed by atoms with van der Waals surface area (Å²) >= 11 is 0. The molecule has 1 heterocycles. The van der Waals surface area contributed by atoms with Gasteiger partial charge < -0.3 is 10.1 Å². The first-order chi connectivity index (χ1) is 10.5. The molecule has 0 aliphatic carbocycles. The van der Waals surface area contributed by atoms with Crippen LogP contribution in [0.4, 0.5) is 5.69 Å². The summed E-state index contributed by atoms with van der Waals surface area (Å²) in [6.45, 7) is 7.20. The van der Waals surface area contributed by atoms with E-state index in [0.717, 1.165) is 12.1 Å². The molecule has 1 aliphatic heterocycles. The van der Waals surface area contributed by atoms with Gasteiger partial charge in [-0.05, 0) is 38.0 Å². The van der Waals surface area contributed by atoms with Gasteiger partial charge in [0.2, 0.25) is 5.91 Å². The van der Waals surface area contributed by atoms with Crippen molar-refractivity contribution in [2.75, 3.05) is 18.5 Å². The van der Waals surface area contributed by atoms with Gasteiger partial charge in [-0.25, -0.2) is 0 Å². The number of benzene rings is 1. The van der Waals surface area contributed by atoms with Crippen molar-refractivity contribution in [3.8, 4) is 0 Å². The van der Waals surface area contributed by atoms with Crippen LogP contribution in [0.2, 0.25) is 0 Å². The number of hydrogen-bond acceptors (Lipinski definition) is 4. The van der Waals surface area contributed by atoms with E-state index in [-0.39, 0.29) is 24.3 Å². The number of carbonyl (C=O) groups excluding carboxylic acids is 2. The molecule has 1 saturated heterocycles. The predicted octanol–water partition coefficient (Wildman–Crippen LogP) is 2.21. The zero-order valence-electron chi connectivity index (χ0n) is 13.5. The number of ether oxygens (including phenoxy) is 1. The molecule has 0 aromatic heterocycles. The van der Waals surface area contributed by atoms with Gasteiger partial charge in [0, 0.05) is 18.3 Å². The molecule has 1 amide bonds. The number of nitrogens with zero attached hydrogens (tertiary/aromatic N) is 1. The van der Waals surface area contributed by atoms with Crippen molar-refractivity contribution >= 4 is 17.6 Å². The Morgan fingerprint density at radius 2 is 2.05 bits per heavy atom. The first-order valence-electron chi connectivity index (χ1n) is 7.82. The first-order valence-corrected chi connectivity index (χ1v) is 7.82. The van der Waals surface area contributed by atoms with Gasteiger partial charge >= 0.3 is 5.97 Å². The minimum absolute atomic E-state index is 0.118. The average Bonchev–Trinajstić information content (AvgIpc) is 2.49. The zero-order chi connectivity index (χ0) is 16.1. The molecule has 0 bridgehead atoms.